The van der Waals surface area contributed by atoms with Crippen LogP contribution < -0.4 is 0 Å². The summed E-state index contributed by atoms with van der Waals surface area (Å²) in [5.41, 5.74) is 1.16. The highest BCUT2D eigenvalue weighted by Gasteiger charge is 2.10. The summed E-state index contributed by atoms with van der Waals surface area (Å²) in [7, 11) is 0. The lowest BCUT2D eigenvalue weighted by Crippen LogP contribution is -2.08. The smallest absolute Gasteiger partial charge is 0.115 e. The molecule has 1 aromatic carbocycles. The van der Waals surface area contributed by atoms with Crippen LogP contribution in [0.2, 0.25) is 0 Å². The molecule has 0 radical (unpaired) electrons. The first-order valence-corrected chi connectivity index (χ1v) is 5.10. The van der Waals surface area contributed by atoms with E-state index in [1.54, 1.807) is 12.1 Å². The maximum Gasteiger partial charge on any atom is 0.115 e. The molecule has 1 rings (SSSR count). The molecular formula is C12H18O2. The minimum Gasteiger partial charge on any atom is -0.508 e. The molecule has 0 aliphatic rings. The van der Waals surface area contributed by atoms with Gasteiger partial charge >= 0.3 is 0 Å². The van der Waals surface area contributed by atoms with Crippen LogP contribution in [0.1, 0.15) is 38.2 Å². The molecule has 2 atom stereocenters. The second-order valence-corrected chi connectivity index (χ2v) is 3.79. The van der Waals surface area contributed by atoms with Gasteiger partial charge in [0.15, 0.2) is 0 Å². The summed E-state index contributed by atoms with van der Waals surface area (Å²) < 4.78 is 0. The SMILES string of the molecule is CCC(O)CC(C)c1ccc(O)cc1. The normalized spacial score (nSPS) is 15.1. The van der Waals surface area contributed by atoms with Gasteiger partial charge in [0.25, 0.3) is 0 Å². The Kier molecular flexibility index (Phi) is 3.96. The number of hydrogen-bond donors (Lipinski definition) is 2. The summed E-state index contributed by atoms with van der Waals surface area (Å²) in [6, 6.07) is 7.18. The van der Waals surface area contributed by atoms with Crippen molar-refractivity contribution < 1.29 is 10.2 Å². The Morgan fingerprint density at radius 1 is 1.21 bits per heavy atom. The monoisotopic (exact) mass is 194 g/mol. The minimum absolute atomic E-state index is 0.223. The molecule has 0 aliphatic heterocycles. The Bertz CT molecular complexity index is 266. The summed E-state index contributed by atoms with van der Waals surface area (Å²) in [6.07, 6.45) is 1.35. The van der Waals surface area contributed by atoms with Crippen LogP contribution in [0.5, 0.6) is 5.75 Å². The number of aliphatic hydroxyl groups is 1. The lowest BCUT2D eigenvalue weighted by Gasteiger charge is -2.15. The minimum atomic E-state index is -0.223. The Hall–Kier alpha value is -1.02. The van der Waals surface area contributed by atoms with Gasteiger partial charge in [-0.2, -0.15) is 0 Å². The van der Waals surface area contributed by atoms with E-state index in [1.165, 1.54) is 0 Å². The van der Waals surface area contributed by atoms with Crippen molar-refractivity contribution in [3.63, 3.8) is 0 Å². The summed E-state index contributed by atoms with van der Waals surface area (Å²) in [5.74, 6) is 0.627. The van der Waals surface area contributed by atoms with Crippen molar-refractivity contribution in [1.82, 2.24) is 0 Å². The Balaban J connectivity index is 2.60. The highest BCUT2D eigenvalue weighted by atomic mass is 16.3. The Morgan fingerprint density at radius 2 is 1.79 bits per heavy atom. The number of rotatable bonds is 4. The van der Waals surface area contributed by atoms with E-state index in [4.69, 9.17) is 5.11 Å². The van der Waals surface area contributed by atoms with Crippen molar-refractivity contribution in [1.29, 1.82) is 0 Å². The van der Waals surface area contributed by atoms with E-state index in [1.807, 2.05) is 19.1 Å². The lowest BCUT2D eigenvalue weighted by molar-refractivity contribution is 0.153. The third kappa shape index (κ3) is 3.04. The maximum atomic E-state index is 9.49. The van der Waals surface area contributed by atoms with Crippen molar-refractivity contribution in [2.45, 2.75) is 38.7 Å². The van der Waals surface area contributed by atoms with Crippen molar-refractivity contribution in [3.8, 4) is 5.75 Å². The third-order valence-corrected chi connectivity index (χ3v) is 2.56. The van der Waals surface area contributed by atoms with Gasteiger partial charge in [0.2, 0.25) is 0 Å². The zero-order valence-corrected chi connectivity index (χ0v) is 8.77. The quantitative estimate of drug-likeness (QED) is 0.773. The molecule has 1 aromatic rings. The predicted octanol–water partition coefficient (Wildman–Crippen LogP) is 2.66. The first-order chi connectivity index (χ1) is 6.63. The molecule has 0 heterocycles. The number of benzene rings is 1. The molecule has 2 unspecified atom stereocenters. The number of aliphatic hydroxyl groups excluding tert-OH is 1. The molecule has 2 nitrogen and oxygen atoms in total. The van der Waals surface area contributed by atoms with Crippen molar-refractivity contribution in [3.05, 3.63) is 29.8 Å². The van der Waals surface area contributed by atoms with Crippen LogP contribution in [0.15, 0.2) is 24.3 Å². The topological polar surface area (TPSA) is 40.5 Å². The molecule has 0 bridgehead atoms. The standard InChI is InChI=1S/C12H18O2/c1-3-11(13)8-9(2)10-4-6-12(14)7-5-10/h4-7,9,11,13-14H,3,8H2,1-2H3. The molecule has 0 saturated carbocycles. The fourth-order valence-corrected chi connectivity index (χ4v) is 1.51. The van der Waals surface area contributed by atoms with Crippen molar-refractivity contribution >= 4 is 0 Å². The van der Waals surface area contributed by atoms with Gasteiger partial charge in [0, 0.05) is 0 Å². The molecule has 0 saturated heterocycles. The second kappa shape index (κ2) is 5.01. The molecule has 0 amide bonds. The van der Waals surface area contributed by atoms with E-state index in [2.05, 4.69) is 6.92 Å². The second-order valence-electron chi connectivity index (χ2n) is 3.79. The molecule has 0 aliphatic carbocycles. The van der Waals surface area contributed by atoms with Crippen LogP contribution in [0.3, 0.4) is 0 Å². The summed E-state index contributed by atoms with van der Waals surface area (Å²) >= 11 is 0. The number of phenols is 1. The van der Waals surface area contributed by atoms with E-state index in [0.29, 0.717) is 5.92 Å². The van der Waals surface area contributed by atoms with Crippen LogP contribution >= 0.6 is 0 Å². The van der Waals surface area contributed by atoms with Gasteiger partial charge < -0.3 is 10.2 Å². The van der Waals surface area contributed by atoms with Crippen molar-refractivity contribution in [2.75, 3.05) is 0 Å². The molecule has 2 heteroatoms. The molecule has 14 heavy (non-hydrogen) atoms. The van der Waals surface area contributed by atoms with E-state index in [-0.39, 0.29) is 11.9 Å². The van der Waals surface area contributed by atoms with E-state index in [0.717, 1.165) is 18.4 Å². The average Bonchev–Trinajstić information content (AvgIpc) is 2.18. The van der Waals surface area contributed by atoms with Gasteiger partial charge in [-0.3, -0.25) is 0 Å². The lowest BCUT2D eigenvalue weighted by atomic mass is 9.94. The summed E-state index contributed by atoms with van der Waals surface area (Å²) in [5, 5.41) is 18.6. The summed E-state index contributed by atoms with van der Waals surface area (Å²) in [6.45, 7) is 4.07. The zero-order chi connectivity index (χ0) is 10.6. The fourth-order valence-electron chi connectivity index (χ4n) is 1.51. The first kappa shape index (κ1) is 11.1. The molecule has 0 aromatic heterocycles. The van der Waals surface area contributed by atoms with Gasteiger partial charge in [-0.15, -0.1) is 0 Å². The zero-order valence-electron chi connectivity index (χ0n) is 8.77. The highest BCUT2D eigenvalue weighted by molar-refractivity contribution is 5.27. The van der Waals surface area contributed by atoms with Crippen LogP contribution in [0, 0.1) is 0 Å². The highest BCUT2D eigenvalue weighted by Crippen LogP contribution is 2.23. The van der Waals surface area contributed by atoms with Gasteiger partial charge in [-0.25, -0.2) is 0 Å². The molecular weight excluding hydrogens is 176 g/mol. The Morgan fingerprint density at radius 3 is 2.29 bits per heavy atom. The molecule has 0 spiro atoms. The number of phenolic OH excluding ortho intramolecular Hbond substituents is 1. The predicted molar refractivity (Wildman–Crippen MR) is 57.4 cm³/mol. The van der Waals surface area contributed by atoms with Gasteiger partial charge in [0.05, 0.1) is 6.10 Å². The number of hydrogen-bond acceptors (Lipinski definition) is 2. The Labute approximate surface area is 85.2 Å². The number of aromatic hydroxyl groups is 1. The van der Waals surface area contributed by atoms with E-state index in [9.17, 15) is 5.11 Å². The maximum absolute atomic E-state index is 9.49. The van der Waals surface area contributed by atoms with Gasteiger partial charge in [-0.05, 0) is 36.5 Å². The largest absolute Gasteiger partial charge is 0.508 e. The fraction of sp³-hybridized carbons (Fsp3) is 0.500. The van der Waals surface area contributed by atoms with Crippen LogP contribution in [-0.4, -0.2) is 16.3 Å². The van der Waals surface area contributed by atoms with Crippen LogP contribution in [0.4, 0.5) is 0 Å². The van der Waals surface area contributed by atoms with Gasteiger partial charge in [-0.1, -0.05) is 26.0 Å². The van der Waals surface area contributed by atoms with Crippen LogP contribution in [0.25, 0.3) is 0 Å². The molecule has 0 fully saturated rings. The summed E-state index contributed by atoms with van der Waals surface area (Å²) in [4.78, 5) is 0. The van der Waals surface area contributed by atoms with E-state index < -0.39 is 0 Å². The molecule has 78 valence electrons. The average molecular weight is 194 g/mol. The van der Waals surface area contributed by atoms with E-state index >= 15 is 0 Å². The first-order valence-electron chi connectivity index (χ1n) is 5.10. The molecule has 2 N–H and O–H groups in total. The third-order valence-electron chi connectivity index (χ3n) is 2.56. The van der Waals surface area contributed by atoms with Crippen LogP contribution in [-0.2, 0) is 0 Å². The van der Waals surface area contributed by atoms with Gasteiger partial charge in [0.1, 0.15) is 5.75 Å². The van der Waals surface area contributed by atoms with Crippen molar-refractivity contribution in [2.24, 2.45) is 0 Å².